The first-order valence-electron chi connectivity index (χ1n) is 7.73. The first-order valence-corrected chi connectivity index (χ1v) is 7.73. The summed E-state index contributed by atoms with van der Waals surface area (Å²) in [4.78, 5) is 21.4. The van der Waals surface area contributed by atoms with Gasteiger partial charge in [-0.05, 0) is 24.3 Å². The van der Waals surface area contributed by atoms with Gasteiger partial charge in [0.15, 0.2) is 0 Å². The number of carbonyl (C=O) groups is 1. The minimum Gasteiger partial charge on any atom is -0.496 e. The van der Waals surface area contributed by atoms with Gasteiger partial charge in [0.05, 0.1) is 18.2 Å². The van der Waals surface area contributed by atoms with E-state index in [9.17, 15) is 4.79 Å². The molecule has 0 fully saturated rings. The molecule has 0 radical (unpaired) electrons. The molecule has 0 saturated carbocycles. The summed E-state index contributed by atoms with van der Waals surface area (Å²) in [5, 5.41) is 4.37. The molecule has 1 N–H and O–H groups in total. The van der Waals surface area contributed by atoms with Gasteiger partial charge >= 0.3 is 0 Å². The van der Waals surface area contributed by atoms with Crippen LogP contribution in [0.4, 0.5) is 5.82 Å². The van der Waals surface area contributed by atoms with Gasteiger partial charge in [0.1, 0.15) is 11.6 Å². The van der Waals surface area contributed by atoms with Crippen LogP contribution < -0.4 is 15.7 Å². The van der Waals surface area contributed by atoms with E-state index in [1.807, 2.05) is 34.9 Å². The topological polar surface area (TPSA) is 68.5 Å². The van der Waals surface area contributed by atoms with Crippen LogP contribution in [0.2, 0.25) is 0 Å². The van der Waals surface area contributed by atoms with E-state index < -0.39 is 0 Å². The number of hydrogen-bond donors (Lipinski definition) is 1. The Bertz CT molecular complexity index is 1010. The standard InChI is InChI=1S/C18H16N4O2/c1-24-15-9-5-3-7-13(15)17(23)21-18-20-14-8-4-2-6-12(14)16-19-10-11-22(16)18/h2-9,19H,10-11H2,1H3. The zero-order chi connectivity index (χ0) is 16.5. The van der Waals surface area contributed by atoms with E-state index in [2.05, 4.69) is 15.3 Å². The lowest BCUT2D eigenvalue weighted by molar-refractivity contribution is 0.0993. The lowest BCUT2D eigenvalue weighted by Crippen LogP contribution is -2.24. The molecule has 6 heteroatoms. The van der Waals surface area contributed by atoms with Crippen molar-refractivity contribution in [1.29, 1.82) is 0 Å². The molecule has 120 valence electrons. The third kappa shape index (κ3) is 2.32. The fraction of sp³-hybridized carbons (Fsp3) is 0.167. The first-order chi connectivity index (χ1) is 11.8. The number of rotatable bonds is 2. The Balaban J connectivity index is 1.90. The Labute approximate surface area is 138 Å². The number of methoxy groups -OCH3 is 1. The Morgan fingerprint density at radius 3 is 2.88 bits per heavy atom. The largest absolute Gasteiger partial charge is 0.496 e. The zero-order valence-corrected chi connectivity index (χ0v) is 13.2. The summed E-state index contributed by atoms with van der Waals surface area (Å²) in [5.41, 5.74) is 1.64. The Morgan fingerprint density at radius 2 is 2.00 bits per heavy atom. The number of aromatic nitrogens is 2. The molecule has 1 aromatic heterocycles. The summed E-state index contributed by atoms with van der Waals surface area (Å²) in [7, 11) is 1.54. The second-order valence-electron chi connectivity index (χ2n) is 5.47. The van der Waals surface area contributed by atoms with Crippen LogP contribution >= 0.6 is 0 Å². The number of benzene rings is 2. The van der Waals surface area contributed by atoms with Crippen molar-refractivity contribution < 1.29 is 9.53 Å². The molecule has 4 rings (SSSR count). The molecule has 6 nitrogen and oxygen atoms in total. The van der Waals surface area contributed by atoms with Gasteiger partial charge in [-0.25, -0.2) is 4.98 Å². The summed E-state index contributed by atoms with van der Waals surface area (Å²) < 4.78 is 7.19. The second-order valence-corrected chi connectivity index (χ2v) is 5.47. The van der Waals surface area contributed by atoms with Crippen LogP contribution in [-0.2, 0) is 6.54 Å². The third-order valence-electron chi connectivity index (χ3n) is 4.06. The number of para-hydroxylation sites is 2. The molecule has 0 aliphatic carbocycles. The average Bonchev–Trinajstić information content (AvgIpc) is 3.12. The van der Waals surface area contributed by atoms with Crippen LogP contribution in [0.1, 0.15) is 10.4 Å². The predicted octanol–water partition coefficient (Wildman–Crippen LogP) is 2.21. The Kier molecular flexibility index (Phi) is 3.49. The third-order valence-corrected chi connectivity index (χ3v) is 4.06. The molecular formula is C18H16N4O2. The number of amides is 1. The smallest absolute Gasteiger partial charge is 0.284 e. The Morgan fingerprint density at radius 1 is 1.21 bits per heavy atom. The summed E-state index contributed by atoms with van der Waals surface area (Å²) in [5.74, 6) is 1.09. The van der Waals surface area contributed by atoms with E-state index >= 15 is 0 Å². The fourth-order valence-electron chi connectivity index (χ4n) is 2.93. The minimum atomic E-state index is -0.364. The SMILES string of the molecule is COc1ccccc1C(=O)N=c1nc2ccccc2c2n1CCN2. The van der Waals surface area contributed by atoms with Crippen LogP contribution in [0, 0.1) is 0 Å². The van der Waals surface area contributed by atoms with Crippen LogP contribution in [0.5, 0.6) is 5.75 Å². The number of nitrogens with one attached hydrogen (secondary N) is 1. The van der Waals surface area contributed by atoms with Gasteiger partial charge in [0.25, 0.3) is 5.91 Å². The molecule has 0 spiro atoms. The molecule has 2 aromatic carbocycles. The molecule has 0 saturated heterocycles. The van der Waals surface area contributed by atoms with Crippen molar-refractivity contribution in [1.82, 2.24) is 9.55 Å². The summed E-state index contributed by atoms with van der Waals surface area (Å²) in [6.07, 6.45) is 0. The average molecular weight is 320 g/mol. The van der Waals surface area contributed by atoms with E-state index in [-0.39, 0.29) is 5.91 Å². The van der Waals surface area contributed by atoms with Crippen molar-refractivity contribution in [3.05, 3.63) is 59.7 Å². The van der Waals surface area contributed by atoms with Crippen LogP contribution in [0.25, 0.3) is 10.9 Å². The molecule has 0 unspecified atom stereocenters. The highest BCUT2D eigenvalue weighted by molar-refractivity contribution is 5.97. The summed E-state index contributed by atoms with van der Waals surface area (Å²) in [6.45, 7) is 1.52. The number of hydrogen-bond acceptors (Lipinski definition) is 4. The first kappa shape index (κ1) is 14.4. The molecule has 2 heterocycles. The van der Waals surface area contributed by atoms with E-state index in [4.69, 9.17) is 4.74 Å². The van der Waals surface area contributed by atoms with Crippen molar-refractivity contribution in [3.8, 4) is 5.75 Å². The maximum Gasteiger partial charge on any atom is 0.284 e. The maximum absolute atomic E-state index is 12.6. The van der Waals surface area contributed by atoms with Crippen molar-refractivity contribution in [2.45, 2.75) is 6.54 Å². The quantitative estimate of drug-likeness (QED) is 0.786. The highest BCUT2D eigenvalue weighted by Crippen LogP contribution is 2.23. The van der Waals surface area contributed by atoms with Crippen molar-refractivity contribution in [3.63, 3.8) is 0 Å². The summed E-state index contributed by atoms with van der Waals surface area (Å²) in [6, 6.07) is 14.9. The number of ether oxygens (including phenoxy) is 1. The van der Waals surface area contributed by atoms with E-state index in [0.717, 1.165) is 29.8 Å². The van der Waals surface area contributed by atoms with E-state index in [1.165, 1.54) is 7.11 Å². The highest BCUT2D eigenvalue weighted by Gasteiger charge is 2.16. The molecule has 3 aromatic rings. The van der Waals surface area contributed by atoms with Crippen molar-refractivity contribution in [2.75, 3.05) is 19.0 Å². The van der Waals surface area contributed by atoms with Gasteiger partial charge in [0.2, 0.25) is 5.62 Å². The molecular weight excluding hydrogens is 304 g/mol. The lowest BCUT2D eigenvalue weighted by Gasteiger charge is -2.08. The van der Waals surface area contributed by atoms with Crippen molar-refractivity contribution in [2.24, 2.45) is 4.99 Å². The van der Waals surface area contributed by atoms with Gasteiger partial charge in [0, 0.05) is 18.5 Å². The number of carbonyl (C=O) groups excluding carboxylic acids is 1. The molecule has 24 heavy (non-hydrogen) atoms. The zero-order valence-electron chi connectivity index (χ0n) is 13.2. The van der Waals surface area contributed by atoms with Crippen LogP contribution in [-0.4, -0.2) is 29.1 Å². The molecule has 0 bridgehead atoms. The molecule has 1 aliphatic heterocycles. The minimum absolute atomic E-state index is 0.364. The lowest BCUT2D eigenvalue weighted by atomic mass is 10.2. The fourth-order valence-corrected chi connectivity index (χ4v) is 2.93. The van der Waals surface area contributed by atoms with Gasteiger partial charge in [-0.15, -0.1) is 0 Å². The predicted molar refractivity (Wildman–Crippen MR) is 91.1 cm³/mol. The van der Waals surface area contributed by atoms with Gasteiger partial charge < -0.3 is 10.1 Å². The highest BCUT2D eigenvalue weighted by atomic mass is 16.5. The molecule has 0 atom stereocenters. The van der Waals surface area contributed by atoms with Crippen LogP contribution in [0.3, 0.4) is 0 Å². The maximum atomic E-state index is 12.6. The number of fused-ring (bicyclic) bond motifs is 3. The normalized spacial score (nSPS) is 13.6. The van der Waals surface area contributed by atoms with Crippen molar-refractivity contribution >= 4 is 22.6 Å². The monoisotopic (exact) mass is 320 g/mol. The molecule has 1 amide bonds. The van der Waals surface area contributed by atoms with Gasteiger partial charge in [-0.3, -0.25) is 9.36 Å². The van der Waals surface area contributed by atoms with E-state index in [0.29, 0.717) is 16.9 Å². The van der Waals surface area contributed by atoms with Gasteiger partial charge in [-0.1, -0.05) is 24.3 Å². The molecule has 1 aliphatic rings. The number of anilines is 1. The van der Waals surface area contributed by atoms with Crippen LogP contribution in [0.15, 0.2) is 53.5 Å². The second kappa shape index (κ2) is 5.81. The van der Waals surface area contributed by atoms with E-state index in [1.54, 1.807) is 18.2 Å². The number of nitrogens with zero attached hydrogens (tertiary/aromatic N) is 3. The van der Waals surface area contributed by atoms with Gasteiger partial charge in [-0.2, -0.15) is 4.99 Å². The Hall–Kier alpha value is -3.15. The summed E-state index contributed by atoms with van der Waals surface area (Å²) >= 11 is 0.